The van der Waals surface area contributed by atoms with Crippen LogP contribution in [0, 0.1) is 0 Å². The van der Waals surface area contributed by atoms with Crippen LogP contribution in [-0.4, -0.2) is 5.27 Å². The minimum absolute atomic E-state index is 0.0602. The third-order valence-electron chi connectivity index (χ3n) is 2.69. The Bertz CT molecular complexity index is 647. The van der Waals surface area contributed by atoms with E-state index in [1.165, 1.54) is 0 Å². The fourth-order valence-corrected chi connectivity index (χ4v) is 1.86. The largest absolute Gasteiger partial charge is 0.660 e. The molecule has 0 spiro atoms. The van der Waals surface area contributed by atoms with Crippen LogP contribution in [0.5, 0.6) is 0 Å². The summed E-state index contributed by atoms with van der Waals surface area (Å²) < 4.78 is 6.62. The van der Waals surface area contributed by atoms with Crippen molar-refractivity contribution in [3.8, 4) is 16.9 Å². The van der Waals surface area contributed by atoms with Crippen LogP contribution in [0.1, 0.15) is 0 Å². The summed E-state index contributed by atoms with van der Waals surface area (Å²) >= 11 is 0. The van der Waals surface area contributed by atoms with Gasteiger partial charge in [-0.25, -0.2) is 0 Å². The van der Waals surface area contributed by atoms with Gasteiger partial charge < -0.3 is 10.3 Å². The molecule has 0 radical (unpaired) electrons. The van der Waals surface area contributed by atoms with E-state index in [1.54, 1.807) is 4.68 Å². The third-order valence-corrected chi connectivity index (χ3v) is 2.69. The first-order valence-electron chi connectivity index (χ1n) is 5.61. The summed E-state index contributed by atoms with van der Waals surface area (Å²) in [5.74, 6) is 0.0602. The van der Waals surface area contributed by atoms with E-state index in [2.05, 4.69) is 5.27 Å². The molecule has 4 heteroatoms. The molecule has 0 aliphatic rings. The number of para-hydroxylation sites is 1. The van der Waals surface area contributed by atoms with Crippen molar-refractivity contribution in [3.63, 3.8) is 0 Å². The Morgan fingerprint density at radius 1 is 0.889 bits per heavy atom. The fraction of sp³-hybridized carbons (Fsp3) is 0. The van der Waals surface area contributed by atoms with Gasteiger partial charge in [-0.1, -0.05) is 36.4 Å². The summed E-state index contributed by atoms with van der Waals surface area (Å²) in [6, 6.07) is 19.3. The standard InChI is InChI=1S/C14H11N3O/c15-14-13(11-7-3-1-4-8-11)17(16-18-14)12-9-5-2-6-10-12/h1-10,15H. The quantitative estimate of drug-likeness (QED) is 0.642. The summed E-state index contributed by atoms with van der Waals surface area (Å²) in [6.45, 7) is 0. The van der Waals surface area contributed by atoms with Gasteiger partial charge in [0.1, 0.15) is 5.88 Å². The minimum Gasteiger partial charge on any atom is -0.660 e. The highest BCUT2D eigenvalue weighted by Gasteiger charge is 2.22. The first-order valence-corrected chi connectivity index (χ1v) is 5.61. The second-order valence-electron chi connectivity index (χ2n) is 3.86. The molecule has 1 heterocycles. The van der Waals surface area contributed by atoms with Crippen LogP contribution >= 0.6 is 0 Å². The topological polar surface area (TPSA) is 53.7 Å². The van der Waals surface area contributed by atoms with Gasteiger partial charge in [0.05, 0.1) is 5.56 Å². The second-order valence-corrected chi connectivity index (χ2v) is 3.86. The predicted octanol–water partition coefficient (Wildman–Crippen LogP) is 3.30. The van der Waals surface area contributed by atoms with Crippen LogP contribution in [0.2, 0.25) is 0 Å². The SMILES string of the molecule is [NH-]c1on[n+](-c2ccccc2)c1-c1ccccc1. The van der Waals surface area contributed by atoms with Crippen molar-refractivity contribution >= 4 is 5.88 Å². The van der Waals surface area contributed by atoms with E-state index < -0.39 is 0 Å². The third kappa shape index (κ3) is 1.73. The molecule has 0 saturated heterocycles. The highest BCUT2D eigenvalue weighted by atomic mass is 16.5. The second kappa shape index (κ2) is 4.33. The molecule has 1 N–H and O–H groups in total. The zero-order valence-corrected chi connectivity index (χ0v) is 9.58. The molecule has 0 amide bonds. The minimum atomic E-state index is 0.0602. The molecule has 0 unspecified atom stereocenters. The van der Waals surface area contributed by atoms with Gasteiger partial charge in [-0.05, 0) is 16.8 Å². The highest BCUT2D eigenvalue weighted by Crippen LogP contribution is 2.26. The van der Waals surface area contributed by atoms with Crippen molar-refractivity contribution in [2.45, 2.75) is 0 Å². The summed E-state index contributed by atoms with van der Waals surface area (Å²) in [6.07, 6.45) is 0. The van der Waals surface area contributed by atoms with Crippen LogP contribution in [0.3, 0.4) is 0 Å². The first kappa shape index (κ1) is 10.5. The van der Waals surface area contributed by atoms with Crippen LogP contribution in [-0.2, 0) is 0 Å². The zero-order valence-electron chi connectivity index (χ0n) is 9.58. The Labute approximate surface area is 104 Å². The maximum Gasteiger partial charge on any atom is 0.271 e. The highest BCUT2D eigenvalue weighted by molar-refractivity contribution is 5.67. The van der Waals surface area contributed by atoms with E-state index in [-0.39, 0.29) is 5.88 Å². The zero-order chi connectivity index (χ0) is 12.4. The Balaban J connectivity index is 2.19. The number of nitrogens with zero attached hydrogens (tertiary/aromatic N) is 2. The summed E-state index contributed by atoms with van der Waals surface area (Å²) in [5, 5.41) is 3.92. The van der Waals surface area contributed by atoms with Gasteiger partial charge in [0.2, 0.25) is 11.0 Å². The molecule has 18 heavy (non-hydrogen) atoms. The van der Waals surface area contributed by atoms with Gasteiger partial charge in [0.25, 0.3) is 5.69 Å². The van der Waals surface area contributed by atoms with Gasteiger partial charge >= 0.3 is 0 Å². The first-order chi connectivity index (χ1) is 8.86. The smallest absolute Gasteiger partial charge is 0.271 e. The van der Waals surface area contributed by atoms with Gasteiger partial charge in [-0.3, -0.25) is 0 Å². The number of hydrogen-bond acceptors (Lipinski definition) is 2. The maximum absolute atomic E-state index is 7.83. The van der Waals surface area contributed by atoms with Crippen molar-refractivity contribution in [2.75, 3.05) is 0 Å². The molecule has 4 nitrogen and oxygen atoms in total. The average Bonchev–Trinajstić information content (AvgIpc) is 2.83. The molecular weight excluding hydrogens is 226 g/mol. The van der Waals surface area contributed by atoms with E-state index in [0.29, 0.717) is 5.69 Å². The van der Waals surface area contributed by atoms with E-state index in [0.717, 1.165) is 11.3 Å². The van der Waals surface area contributed by atoms with Gasteiger partial charge in [-0.15, -0.1) is 0 Å². The Morgan fingerprint density at radius 3 is 2.17 bits per heavy atom. The molecule has 0 saturated carbocycles. The van der Waals surface area contributed by atoms with Crippen molar-refractivity contribution < 1.29 is 9.20 Å². The Hall–Kier alpha value is -2.62. The summed E-state index contributed by atoms with van der Waals surface area (Å²) in [5.41, 5.74) is 10.3. The van der Waals surface area contributed by atoms with Crippen molar-refractivity contribution in [1.29, 1.82) is 0 Å². The lowest BCUT2D eigenvalue weighted by molar-refractivity contribution is -0.660. The number of nitrogens with one attached hydrogen (secondary N) is 1. The molecule has 1 aromatic heterocycles. The average molecular weight is 237 g/mol. The van der Waals surface area contributed by atoms with Crippen molar-refractivity contribution in [3.05, 3.63) is 66.4 Å². The van der Waals surface area contributed by atoms with E-state index >= 15 is 0 Å². The number of hydrogen-bond donors (Lipinski definition) is 0. The molecule has 2 aromatic carbocycles. The Kier molecular flexibility index (Phi) is 2.53. The van der Waals surface area contributed by atoms with Crippen molar-refractivity contribution in [2.24, 2.45) is 0 Å². The molecule has 3 aromatic rings. The van der Waals surface area contributed by atoms with E-state index in [1.807, 2.05) is 60.7 Å². The molecule has 0 bridgehead atoms. The van der Waals surface area contributed by atoms with E-state index in [4.69, 9.17) is 10.3 Å². The molecular formula is C14H11N3O. The number of rotatable bonds is 2. The lowest BCUT2D eigenvalue weighted by Crippen LogP contribution is -2.34. The molecule has 0 fully saturated rings. The Morgan fingerprint density at radius 2 is 1.50 bits per heavy atom. The summed E-state index contributed by atoms with van der Waals surface area (Å²) in [7, 11) is 0. The lowest BCUT2D eigenvalue weighted by atomic mass is 10.1. The predicted molar refractivity (Wildman–Crippen MR) is 67.5 cm³/mol. The molecule has 0 aliphatic carbocycles. The maximum atomic E-state index is 7.83. The molecule has 3 rings (SSSR count). The number of aromatic nitrogens is 2. The number of benzene rings is 2. The van der Waals surface area contributed by atoms with Crippen LogP contribution in [0.25, 0.3) is 22.7 Å². The summed E-state index contributed by atoms with van der Waals surface area (Å²) in [4.78, 5) is 0. The van der Waals surface area contributed by atoms with Crippen LogP contribution in [0.15, 0.2) is 65.2 Å². The van der Waals surface area contributed by atoms with Crippen LogP contribution in [0.4, 0.5) is 5.88 Å². The van der Waals surface area contributed by atoms with Gasteiger partial charge in [0.15, 0.2) is 0 Å². The van der Waals surface area contributed by atoms with Gasteiger partial charge in [-0.2, -0.15) is 0 Å². The van der Waals surface area contributed by atoms with Crippen molar-refractivity contribution in [1.82, 2.24) is 5.27 Å². The van der Waals surface area contributed by atoms with Crippen LogP contribution < -0.4 is 4.68 Å². The van der Waals surface area contributed by atoms with Gasteiger partial charge in [0, 0.05) is 12.1 Å². The monoisotopic (exact) mass is 237 g/mol. The molecule has 88 valence electrons. The fourth-order valence-electron chi connectivity index (χ4n) is 1.86. The lowest BCUT2D eigenvalue weighted by Gasteiger charge is -1.97. The molecule has 0 aliphatic heterocycles. The van der Waals surface area contributed by atoms with E-state index in [9.17, 15) is 0 Å². The normalized spacial score (nSPS) is 10.4. The molecule has 0 atom stereocenters.